The van der Waals surface area contributed by atoms with Gasteiger partial charge in [-0.15, -0.1) is 0 Å². The fourth-order valence-electron chi connectivity index (χ4n) is 1.25. The first kappa shape index (κ1) is 13.6. The molecule has 92 valence electrons. The first-order chi connectivity index (χ1) is 7.82. The van der Waals surface area contributed by atoms with E-state index < -0.39 is 15.6 Å². The van der Waals surface area contributed by atoms with Gasteiger partial charge in [0, 0.05) is 12.1 Å². The number of sulfonamides is 1. The Morgan fingerprint density at radius 3 is 2.53 bits per heavy atom. The summed E-state index contributed by atoms with van der Waals surface area (Å²) >= 11 is 0. The van der Waals surface area contributed by atoms with Crippen molar-refractivity contribution in [3.63, 3.8) is 0 Å². The molecule has 0 spiro atoms. The monoisotopic (exact) mass is 253 g/mol. The van der Waals surface area contributed by atoms with Gasteiger partial charge >= 0.3 is 0 Å². The Labute approximate surface area is 101 Å². The first-order valence-corrected chi connectivity index (χ1v) is 6.54. The van der Waals surface area contributed by atoms with E-state index >= 15 is 0 Å². The average Bonchev–Trinajstić information content (AvgIpc) is 2.28. The lowest BCUT2D eigenvalue weighted by Crippen LogP contribution is -2.48. The summed E-state index contributed by atoms with van der Waals surface area (Å²) < 4.78 is 26.6. The number of hydrogen-bond donors (Lipinski definition) is 2. The maximum atomic E-state index is 12.1. The minimum Gasteiger partial charge on any atom is -0.329 e. The Balaban J connectivity index is 3.20. The largest absolute Gasteiger partial charge is 0.329 e. The molecule has 0 radical (unpaired) electrons. The van der Waals surface area contributed by atoms with E-state index in [0.717, 1.165) is 0 Å². The maximum absolute atomic E-state index is 12.1. The molecule has 0 bridgehead atoms. The number of nitrogens with two attached hydrogens (primary N) is 1. The second kappa shape index (κ2) is 4.84. The minimum atomic E-state index is -3.73. The van der Waals surface area contributed by atoms with Crippen LogP contribution < -0.4 is 10.5 Å². The van der Waals surface area contributed by atoms with Gasteiger partial charge in [0.2, 0.25) is 10.0 Å². The van der Waals surface area contributed by atoms with Gasteiger partial charge in [-0.25, -0.2) is 13.1 Å². The molecule has 0 atom stereocenters. The molecule has 5 nitrogen and oxygen atoms in total. The lowest BCUT2D eigenvalue weighted by Gasteiger charge is -2.24. The smallest absolute Gasteiger partial charge is 0.242 e. The second-order valence-corrected chi connectivity index (χ2v) is 5.95. The van der Waals surface area contributed by atoms with Crippen molar-refractivity contribution < 1.29 is 8.42 Å². The molecular formula is C11H15N3O2S. The quantitative estimate of drug-likeness (QED) is 0.820. The molecule has 0 aliphatic carbocycles. The lowest BCUT2D eigenvalue weighted by atomic mass is 10.1. The van der Waals surface area contributed by atoms with Crippen LogP contribution >= 0.6 is 0 Å². The van der Waals surface area contributed by atoms with Crippen LogP contribution in [0.5, 0.6) is 0 Å². The highest BCUT2D eigenvalue weighted by Crippen LogP contribution is 2.16. The summed E-state index contributed by atoms with van der Waals surface area (Å²) in [7, 11) is -3.73. The molecule has 1 aromatic rings. The number of hydrogen-bond acceptors (Lipinski definition) is 4. The Morgan fingerprint density at radius 1 is 1.41 bits per heavy atom. The summed E-state index contributed by atoms with van der Waals surface area (Å²) in [5.74, 6) is 0. The van der Waals surface area contributed by atoms with Crippen molar-refractivity contribution in [3.8, 4) is 6.07 Å². The van der Waals surface area contributed by atoms with E-state index in [1.807, 2.05) is 6.07 Å². The number of rotatable bonds is 4. The van der Waals surface area contributed by atoms with E-state index in [1.54, 1.807) is 26.0 Å². The Kier molecular flexibility index (Phi) is 3.88. The topological polar surface area (TPSA) is 96.0 Å². The van der Waals surface area contributed by atoms with Crippen LogP contribution in [0.25, 0.3) is 0 Å². The van der Waals surface area contributed by atoms with E-state index in [2.05, 4.69) is 4.72 Å². The van der Waals surface area contributed by atoms with Crippen LogP contribution in [0.1, 0.15) is 19.4 Å². The first-order valence-electron chi connectivity index (χ1n) is 5.05. The number of nitrogens with one attached hydrogen (secondary N) is 1. The van der Waals surface area contributed by atoms with Crippen LogP contribution in [0.2, 0.25) is 0 Å². The van der Waals surface area contributed by atoms with Gasteiger partial charge in [0.1, 0.15) is 6.07 Å². The van der Waals surface area contributed by atoms with E-state index in [9.17, 15) is 8.42 Å². The van der Waals surface area contributed by atoms with Crippen LogP contribution in [-0.4, -0.2) is 20.5 Å². The average molecular weight is 253 g/mol. The number of nitrogens with zero attached hydrogens (tertiary/aromatic N) is 1. The van der Waals surface area contributed by atoms with Crippen LogP contribution in [-0.2, 0) is 10.0 Å². The third-order valence-corrected chi connectivity index (χ3v) is 3.97. The van der Waals surface area contributed by atoms with E-state index in [0.29, 0.717) is 0 Å². The Hall–Kier alpha value is -1.42. The summed E-state index contributed by atoms with van der Waals surface area (Å²) in [4.78, 5) is -0.0241. The van der Waals surface area contributed by atoms with Crippen LogP contribution in [0.3, 0.4) is 0 Å². The van der Waals surface area contributed by atoms with Gasteiger partial charge in [0.15, 0.2) is 0 Å². The molecule has 0 unspecified atom stereocenters. The molecule has 0 saturated carbocycles. The highest BCUT2D eigenvalue weighted by atomic mass is 32.2. The van der Waals surface area contributed by atoms with Crippen molar-refractivity contribution in [1.82, 2.24) is 4.72 Å². The number of nitriles is 1. The predicted molar refractivity (Wildman–Crippen MR) is 64.6 cm³/mol. The van der Waals surface area contributed by atoms with Crippen molar-refractivity contribution in [2.45, 2.75) is 24.3 Å². The Bertz CT molecular complexity index is 544. The zero-order valence-electron chi connectivity index (χ0n) is 9.77. The van der Waals surface area contributed by atoms with Crippen LogP contribution in [0, 0.1) is 11.3 Å². The zero-order chi connectivity index (χ0) is 13.1. The minimum absolute atomic E-state index is 0.0241. The van der Waals surface area contributed by atoms with Gasteiger partial charge in [-0.1, -0.05) is 12.1 Å². The van der Waals surface area contributed by atoms with Crippen LogP contribution in [0.4, 0.5) is 0 Å². The van der Waals surface area contributed by atoms with Gasteiger partial charge in [-0.05, 0) is 26.0 Å². The summed E-state index contributed by atoms with van der Waals surface area (Å²) in [5, 5.41) is 8.87. The highest BCUT2D eigenvalue weighted by Gasteiger charge is 2.26. The predicted octanol–water partition coefficient (Wildman–Crippen LogP) is 0.574. The fraction of sp³-hybridized carbons (Fsp3) is 0.364. The normalized spacial score (nSPS) is 12.1. The SMILES string of the molecule is CC(C)(CN)NS(=O)(=O)c1ccccc1C#N. The zero-order valence-corrected chi connectivity index (χ0v) is 10.6. The molecule has 1 rings (SSSR count). The fourth-order valence-corrected chi connectivity index (χ4v) is 2.84. The third-order valence-electron chi connectivity index (χ3n) is 2.22. The summed E-state index contributed by atoms with van der Waals surface area (Å²) in [6, 6.07) is 7.90. The lowest BCUT2D eigenvalue weighted by molar-refractivity contribution is 0.462. The molecule has 0 aliphatic heterocycles. The molecular weight excluding hydrogens is 238 g/mol. The van der Waals surface area contributed by atoms with Gasteiger partial charge in [-0.3, -0.25) is 0 Å². The molecule has 0 fully saturated rings. The van der Waals surface area contributed by atoms with Crippen molar-refractivity contribution >= 4 is 10.0 Å². The van der Waals surface area contributed by atoms with Crippen molar-refractivity contribution in [2.75, 3.05) is 6.54 Å². The van der Waals surface area contributed by atoms with Crippen molar-refractivity contribution in [1.29, 1.82) is 5.26 Å². The van der Waals surface area contributed by atoms with Gasteiger partial charge < -0.3 is 5.73 Å². The summed E-state index contributed by atoms with van der Waals surface area (Å²) in [6.07, 6.45) is 0. The summed E-state index contributed by atoms with van der Waals surface area (Å²) in [5.41, 5.74) is 4.84. The number of benzene rings is 1. The molecule has 0 heterocycles. The van der Waals surface area contributed by atoms with E-state index in [-0.39, 0.29) is 17.0 Å². The van der Waals surface area contributed by atoms with Crippen LogP contribution in [0.15, 0.2) is 29.2 Å². The van der Waals surface area contributed by atoms with E-state index in [1.165, 1.54) is 12.1 Å². The molecule has 0 amide bonds. The van der Waals surface area contributed by atoms with Gasteiger partial charge in [-0.2, -0.15) is 5.26 Å². The standard InChI is InChI=1S/C11H15N3O2S/c1-11(2,8-13)14-17(15,16)10-6-4-3-5-9(10)7-12/h3-6,14H,8,13H2,1-2H3. The molecule has 0 aromatic heterocycles. The molecule has 0 aliphatic rings. The Morgan fingerprint density at radius 2 is 2.00 bits per heavy atom. The van der Waals surface area contributed by atoms with Gasteiger partial charge in [0.05, 0.1) is 10.5 Å². The third kappa shape index (κ3) is 3.27. The molecule has 3 N–H and O–H groups in total. The molecule has 0 saturated heterocycles. The van der Waals surface area contributed by atoms with E-state index in [4.69, 9.17) is 11.0 Å². The van der Waals surface area contributed by atoms with Gasteiger partial charge in [0.25, 0.3) is 0 Å². The maximum Gasteiger partial charge on any atom is 0.242 e. The van der Waals surface area contributed by atoms with Crippen molar-refractivity contribution in [3.05, 3.63) is 29.8 Å². The van der Waals surface area contributed by atoms with Crippen molar-refractivity contribution in [2.24, 2.45) is 5.73 Å². The summed E-state index contributed by atoms with van der Waals surface area (Å²) in [6.45, 7) is 3.53. The molecule has 17 heavy (non-hydrogen) atoms. The molecule has 1 aromatic carbocycles. The highest BCUT2D eigenvalue weighted by molar-refractivity contribution is 7.89. The molecule has 6 heteroatoms. The second-order valence-electron chi connectivity index (χ2n) is 4.30.